The van der Waals surface area contributed by atoms with Crippen molar-refractivity contribution in [1.82, 2.24) is 19.5 Å². The molecule has 0 aliphatic carbocycles. The minimum Gasteiger partial charge on any atom is -0.488 e. The molecule has 0 radical (unpaired) electrons. The zero-order chi connectivity index (χ0) is 19.8. The molecule has 0 saturated carbocycles. The first-order valence-corrected chi connectivity index (χ1v) is 7.62. The van der Waals surface area contributed by atoms with Gasteiger partial charge in [0.25, 0.3) is 0 Å². The average Bonchev–Trinajstić information content (AvgIpc) is 2.94. The van der Waals surface area contributed by atoms with Crippen molar-refractivity contribution in [2.75, 3.05) is 6.61 Å². The Kier molecular flexibility index (Phi) is 4.70. The number of ether oxygens (including phenoxy) is 1. The molecular weight excluding hydrogens is 378 g/mol. The second-order valence-electron chi connectivity index (χ2n) is 5.60. The van der Waals surface area contributed by atoms with E-state index in [2.05, 4.69) is 15.0 Å². The standard InChI is InChI=1S/C16H12F6N4O/c1-9-23-7-11(8-24-9)27-5-4-26-13-3-2-10(15(17,18)19)6-12(13)25-14(26)16(20,21)22/h2-3,6-8H,4-5H2,1H3. The smallest absolute Gasteiger partial charge is 0.449 e. The summed E-state index contributed by atoms with van der Waals surface area (Å²) in [5, 5.41) is 0. The van der Waals surface area contributed by atoms with E-state index in [4.69, 9.17) is 4.74 Å². The number of hydrogen-bond donors (Lipinski definition) is 0. The van der Waals surface area contributed by atoms with E-state index in [9.17, 15) is 26.3 Å². The normalized spacial score (nSPS) is 12.6. The molecule has 0 atom stereocenters. The first-order chi connectivity index (χ1) is 12.6. The summed E-state index contributed by atoms with van der Waals surface area (Å²) in [6.07, 6.45) is -6.77. The number of aromatic nitrogens is 4. The van der Waals surface area contributed by atoms with Crippen LogP contribution in [0.15, 0.2) is 30.6 Å². The maximum atomic E-state index is 13.2. The van der Waals surface area contributed by atoms with Crippen molar-refractivity contribution in [2.24, 2.45) is 0 Å². The van der Waals surface area contributed by atoms with Gasteiger partial charge in [0.1, 0.15) is 12.4 Å². The van der Waals surface area contributed by atoms with Crippen LogP contribution in [-0.4, -0.2) is 26.1 Å². The molecule has 2 heterocycles. The Morgan fingerprint density at radius 1 is 1.00 bits per heavy atom. The minimum atomic E-state index is -4.83. The predicted molar refractivity (Wildman–Crippen MR) is 82.0 cm³/mol. The lowest BCUT2D eigenvalue weighted by Gasteiger charge is -2.12. The highest BCUT2D eigenvalue weighted by Crippen LogP contribution is 2.35. The van der Waals surface area contributed by atoms with Crippen molar-refractivity contribution >= 4 is 11.0 Å². The molecule has 0 aliphatic heterocycles. The number of fused-ring (bicyclic) bond motifs is 1. The van der Waals surface area contributed by atoms with Gasteiger partial charge in [-0.1, -0.05) is 0 Å². The van der Waals surface area contributed by atoms with Crippen LogP contribution in [0.2, 0.25) is 0 Å². The van der Waals surface area contributed by atoms with Gasteiger partial charge in [-0.25, -0.2) is 15.0 Å². The fourth-order valence-corrected chi connectivity index (χ4v) is 2.46. The molecule has 0 saturated heterocycles. The van der Waals surface area contributed by atoms with Gasteiger partial charge in [-0.05, 0) is 25.1 Å². The summed E-state index contributed by atoms with van der Waals surface area (Å²) in [5.41, 5.74) is -1.53. The van der Waals surface area contributed by atoms with Crippen molar-refractivity contribution < 1.29 is 31.1 Å². The Morgan fingerprint density at radius 3 is 2.26 bits per heavy atom. The fourth-order valence-electron chi connectivity index (χ4n) is 2.46. The van der Waals surface area contributed by atoms with Crippen molar-refractivity contribution in [3.05, 3.63) is 47.8 Å². The number of rotatable bonds is 4. The Morgan fingerprint density at radius 2 is 1.67 bits per heavy atom. The van der Waals surface area contributed by atoms with Crippen molar-refractivity contribution in [3.63, 3.8) is 0 Å². The van der Waals surface area contributed by atoms with Crippen LogP contribution in [0.1, 0.15) is 17.2 Å². The lowest BCUT2D eigenvalue weighted by molar-refractivity contribution is -0.147. The molecule has 0 unspecified atom stereocenters. The third-order valence-corrected chi connectivity index (χ3v) is 3.67. The van der Waals surface area contributed by atoms with Crippen LogP contribution in [0.3, 0.4) is 0 Å². The highest BCUT2D eigenvalue weighted by Gasteiger charge is 2.38. The van der Waals surface area contributed by atoms with E-state index in [-0.39, 0.29) is 24.4 Å². The van der Waals surface area contributed by atoms with Gasteiger partial charge in [0, 0.05) is 0 Å². The Bertz CT molecular complexity index is 946. The molecule has 2 aromatic heterocycles. The predicted octanol–water partition coefficient (Wildman–Crippen LogP) is 4.25. The second-order valence-corrected chi connectivity index (χ2v) is 5.60. The van der Waals surface area contributed by atoms with Crippen molar-refractivity contribution in [2.45, 2.75) is 25.8 Å². The van der Waals surface area contributed by atoms with E-state index in [0.717, 1.165) is 16.7 Å². The topological polar surface area (TPSA) is 52.8 Å². The van der Waals surface area contributed by atoms with Gasteiger partial charge in [-0.3, -0.25) is 0 Å². The Labute approximate surface area is 148 Å². The monoisotopic (exact) mass is 390 g/mol. The summed E-state index contributed by atoms with van der Waals surface area (Å²) in [6, 6.07) is 2.28. The molecule has 27 heavy (non-hydrogen) atoms. The number of aryl methyl sites for hydroxylation is 1. The molecule has 0 aliphatic rings. The highest BCUT2D eigenvalue weighted by molar-refractivity contribution is 5.77. The SMILES string of the molecule is Cc1ncc(OCCn2c(C(F)(F)F)nc3cc(C(F)(F)F)ccc32)cn1. The molecule has 0 fully saturated rings. The summed E-state index contributed by atoms with van der Waals surface area (Å²) in [5.74, 6) is -0.527. The number of alkyl halides is 6. The summed E-state index contributed by atoms with van der Waals surface area (Å²) in [6.45, 7) is 1.21. The van der Waals surface area contributed by atoms with Crippen LogP contribution in [-0.2, 0) is 18.9 Å². The molecule has 0 amide bonds. The molecule has 3 rings (SSSR count). The highest BCUT2D eigenvalue weighted by atomic mass is 19.4. The van der Waals surface area contributed by atoms with E-state index in [1.165, 1.54) is 12.4 Å². The average molecular weight is 390 g/mol. The molecular formula is C16H12F6N4O. The van der Waals surface area contributed by atoms with E-state index in [0.29, 0.717) is 11.9 Å². The second kappa shape index (κ2) is 6.71. The van der Waals surface area contributed by atoms with Gasteiger partial charge in [0.05, 0.1) is 35.5 Å². The summed E-state index contributed by atoms with van der Waals surface area (Å²) >= 11 is 0. The molecule has 1 aromatic carbocycles. The van der Waals surface area contributed by atoms with Crippen LogP contribution >= 0.6 is 0 Å². The maximum absolute atomic E-state index is 13.2. The van der Waals surface area contributed by atoms with Crippen LogP contribution in [0, 0.1) is 6.92 Å². The zero-order valence-electron chi connectivity index (χ0n) is 13.8. The first kappa shape index (κ1) is 18.9. The zero-order valence-corrected chi connectivity index (χ0v) is 13.8. The van der Waals surface area contributed by atoms with E-state index >= 15 is 0 Å². The van der Waals surface area contributed by atoms with Crippen molar-refractivity contribution in [1.29, 1.82) is 0 Å². The Balaban J connectivity index is 1.91. The first-order valence-electron chi connectivity index (χ1n) is 7.62. The van der Waals surface area contributed by atoms with Gasteiger partial charge in [0.2, 0.25) is 5.82 Å². The largest absolute Gasteiger partial charge is 0.488 e. The fraction of sp³-hybridized carbons (Fsp3) is 0.312. The van der Waals surface area contributed by atoms with Gasteiger partial charge in [-0.2, -0.15) is 26.3 Å². The number of hydrogen-bond acceptors (Lipinski definition) is 4. The van der Waals surface area contributed by atoms with Crippen LogP contribution in [0.25, 0.3) is 11.0 Å². The molecule has 144 valence electrons. The molecule has 11 heteroatoms. The minimum absolute atomic E-state index is 0.0703. The van der Waals surface area contributed by atoms with Gasteiger partial charge < -0.3 is 9.30 Å². The maximum Gasteiger partial charge on any atom is 0.449 e. The number of benzene rings is 1. The van der Waals surface area contributed by atoms with Gasteiger partial charge in [-0.15, -0.1) is 0 Å². The van der Waals surface area contributed by atoms with E-state index in [1.807, 2.05) is 0 Å². The number of imidazole rings is 1. The number of nitrogens with zero attached hydrogens (tertiary/aromatic N) is 4. The van der Waals surface area contributed by atoms with Gasteiger partial charge >= 0.3 is 12.4 Å². The van der Waals surface area contributed by atoms with E-state index < -0.39 is 29.3 Å². The Hall–Kier alpha value is -2.85. The summed E-state index contributed by atoms with van der Waals surface area (Å²) < 4.78 is 84.2. The van der Waals surface area contributed by atoms with Crippen LogP contribution in [0.4, 0.5) is 26.3 Å². The molecule has 3 aromatic rings. The molecule has 0 spiro atoms. The number of halogens is 6. The lowest BCUT2D eigenvalue weighted by atomic mass is 10.2. The lowest BCUT2D eigenvalue weighted by Crippen LogP contribution is -2.18. The van der Waals surface area contributed by atoms with Gasteiger partial charge in [0.15, 0.2) is 5.75 Å². The molecule has 0 bridgehead atoms. The summed E-state index contributed by atoms with van der Waals surface area (Å²) in [4.78, 5) is 11.1. The van der Waals surface area contributed by atoms with Crippen LogP contribution in [0.5, 0.6) is 5.75 Å². The molecule has 0 N–H and O–H groups in total. The third-order valence-electron chi connectivity index (χ3n) is 3.67. The van der Waals surface area contributed by atoms with Crippen molar-refractivity contribution in [3.8, 4) is 5.75 Å². The third kappa shape index (κ3) is 4.12. The van der Waals surface area contributed by atoms with Crippen LogP contribution < -0.4 is 4.74 Å². The molecule has 5 nitrogen and oxygen atoms in total. The summed E-state index contributed by atoms with van der Waals surface area (Å²) in [7, 11) is 0. The quantitative estimate of drug-likeness (QED) is 0.625. The van der Waals surface area contributed by atoms with E-state index in [1.54, 1.807) is 6.92 Å².